The summed E-state index contributed by atoms with van der Waals surface area (Å²) in [6, 6.07) is 8.07. The summed E-state index contributed by atoms with van der Waals surface area (Å²) >= 11 is 6.00. The van der Waals surface area contributed by atoms with Crippen molar-refractivity contribution in [1.82, 2.24) is 9.80 Å². The molecule has 162 valence electrons. The van der Waals surface area contributed by atoms with Crippen molar-refractivity contribution in [3.8, 4) is 0 Å². The first-order chi connectivity index (χ1) is 13.7. The molecule has 0 aliphatic carbocycles. The van der Waals surface area contributed by atoms with Crippen LogP contribution in [0.25, 0.3) is 0 Å². The molecule has 3 heterocycles. The normalized spacial score (nSPS) is 23.1. The van der Waals surface area contributed by atoms with Gasteiger partial charge in [-0.3, -0.25) is 9.89 Å². The molecule has 4 rings (SSSR count). The first-order valence-electron chi connectivity index (χ1n) is 10.5. The molecule has 0 aromatic heterocycles. The van der Waals surface area contributed by atoms with Gasteiger partial charge < -0.3 is 20.3 Å². The number of aliphatic imine (C=N–C) groups is 1. The van der Waals surface area contributed by atoms with E-state index in [1.165, 1.54) is 31.6 Å². The SMILES string of the molecule is I.NC(=NCC1(N2CCCC2)CCOCC1)N1CCN(c2ccc(Cl)cc2)CC1. The Morgan fingerprint density at radius 3 is 2.24 bits per heavy atom. The largest absolute Gasteiger partial charge is 0.381 e. The molecular weight excluding hydrogens is 501 g/mol. The maximum atomic E-state index is 6.42. The minimum atomic E-state index is 0. The number of rotatable bonds is 4. The number of guanidine groups is 1. The van der Waals surface area contributed by atoms with Crippen LogP contribution in [0.15, 0.2) is 29.3 Å². The van der Waals surface area contributed by atoms with Crippen LogP contribution in [0.3, 0.4) is 0 Å². The number of halogens is 2. The number of anilines is 1. The van der Waals surface area contributed by atoms with E-state index in [0.29, 0.717) is 5.96 Å². The quantitative estimate of drug-likeness (QED) is 0.366. The van der Waals surface area contributed by atoms with Gasteiger partial charge in [-0.25, -0.2) is 0 Å². The minimum Gasteiger partial charge on any atom is -0.381 e. The number of hydrogen-bond acceptors (Lipinski definition) is 4. The van der Waals surface area contributed by atoms with Crippen LogP contribution in [0.4, 0.5) is 5.69 Å². The van der Waals surface area contributed by atoms with Crippen molar-refractivity contribution in [2.45, 2.75) is 31.2 Å². The molecule has 0 radical (unpaired) electrons. The molecule has 0 spiro atoms. The van der Waals surface area contributed by atoms with E-state index in [9.17, 15) is 0 Å². The molecule has 0 amide bonds. The summed E-state index contributed by atoms with van der Waals surface area (Å²) in [6.45, 7) is 8.54. The van der Waals surface area contributed by atoms with Gasteiger partial charge in [0, 0.05) is 55.6 Å². The molecule has 3 fully saturated rings. The van der Waals surface area contributed by atoms with E-state index in [-0.39, 0.29) is 29.5 Å². The molecule has 0 saturated carbocycles. The Labute approximate surface area is 196 Å². The lowest BCUT2D eigenvalue weighted by molar-refractivity contribution is -0.0139. The van der Waals surface area contributed by atoms with Crippen LogP contribution in [-0.2, 0) is 4.74 Å². The van der Waals surface area contributed by atoms with Gasteiger partial charge in [0.15, 0.2) is 5.96 Å². The Balaban J connectivity index is 0.00000240. The van der Waals surface area contributed by atoms with Crippen LogP contribution in [0.2, 0.25) is 5.02 Å². The molecule has 0 atom stereocenters. The van der Waals surface area contributed by atoms with Crippen LogP contribution < -0.4 is 10.6 Å². The van der Waals surface area contributed by atoms with Gasteiger partial charge >= 0.3 is 0 Å². The molecule has 3 aliphatic rings. The summed E-state index contributed by atoms with van der Waals surface area (Å²) in [5.41, 5.74) is 7.78. The Morgan fingerprint density at radius 2 is 1.62 bits per heavy atom. The van der Waals surface area contributed by atoms with E-state index in [1.807, 2.05) is 12.1 Å². The number of nitrogens with zero attached hydrogens (tertiary/aromatic N) is 4. The van der Waals surface area contributed by atoms with Gasteiger partial charge in [-0.1, -0.05) is 11.6 Å². The Bertz CT molecular complexity index is 666. The van der Waals surface area contributed by atoms with Crippen LogP contribution in [-0.4, -0.2) is 80.3 Å². The Kier molecular flexibility index (Phi) is 8.30. The third kappa shape index (κ3) is 5.48. The van der Waals surface area contributed by atoms with Crippen LogP contribution >= 0.6 is 35.6 Å². The summed E-state index contributed by atoms with van der Waals surface area (Å²) in [5.74, 6) is 0.695. The summed E-state index contributed by atoms with van der Waals surface area (Å²) in [7, 11) is 0. The Hall–Kier alpha value is -0.770. The van der Waals surface area contributed by atoms with Crippen molar-refractivity contribution >= 4 is 47.2 Å². The van der Waals surface area contributed by atoms with Crippen LogP contribution in [0, 0.1) is 0 Å². The van der Waals surface area contributed by atoms with Gasteiger partial charge in [-0.2, -0.15) is 0 Å². The second-order valence-corrected chi connectivity index (χ2v) is 8.59. The highest BCUT2D eigenvalue weighted by atomic mass is 127. The summed E-state index contributed by atoms with van der Waals surface area (Å²) in [6.07, 6.45) is 4.73. The van der Waals surface area contributed by atoms with Crippen molar-refractivity contribution in [2.75, 3.05) is 63.9 Å². The van der Waals surface area contributed by atoms with Gasteiger partial charge in [0.2, 0.25) is 0 Å². The van der Waals surface area contributed by atoms with E-state index in [0.717, 1.165) is 63.8 Å². The zero-order valence-corrected chi connectivity index (χ0v) is 20.1. The topological polar surface area (TPSA) is 57.3 Å². The molecule has 1 aromatic rings. The highest BCUT2D eigenvalue weighted by molar-refractivity contribution is 14.0. The summed E-state index contributed by atoms with van der Waals surface area (Å²) in [4.78, 5) is 12.1. The van der Waals surface area contributed by atoms with Crippen molar-refractivity contribution in [1.29, 1.82) is 0 Å². The third-order valence-electron chi connectivity index (χ3n) is 6.53. The number of benzene rings is 1. The first-order valence-corrected chi connectivity index (χ1v) is 10.9. The van der Waals surface area contributed by atoms with E-state index < -0.39 is 0 Å². The van der Waals surface area contributed by atoms with Crippen molar-refractivity contribution in [3.05, 3.63) is 29.3 Å². The summed E-state index contributed by atoms with van der Waals surface area (Å²) < 4.78 is 5.64. The van der Waals surface area contributed by atoms with E-state index in [2.05, 4.69) is 26.8 Å². The van der Waals surface area contributed by atoms with Gasteiger partial charge in [0.25, 0.3) is 0 Å². The molecule has 3 saturated heterocycles. The van der Waals surface area contributed by atoms with Gasteiger partial charge in [0.05, 0.1) is 6.54 Å². The molecular formula is C21H33ClIN5O. The zero-order valence-electron chi connectivity index (χ0n) is 17.1. The lowest BCUT2D eigenvalue weighted by atomic mass is 9.88. The predicted molar refractivity (Wildman–Crippen MR) is 131 cm³/mol. The standard InChI is InChI=1S/C21H32ClN5O.HI/c22-18-3-5-19(6-4-18)25-11-13-26(14-12-25)20(23)24-17-21(7-15-28-16-8-21)27-9-1-2-10-27;/h3-6H,1-2,7-17H2,(H2,23,24);1H. The zero-order chi connectivity index (χ0) is 19.4. The van der Waals surface area contributed by atoms with E-state index in [4.69, 9.17) is 27.1 Å². The fraction of sp³-hybridized carbons (Fsp3) is 0.667. The minimum absolute atomic E-state index is 0. The van der Waals surface area contributed by atoms with Crippen molar-refractivity contribution < 1.29 is 4.74 Å². The molecule has 29 heavy (non-hydrogen) atoms. The molecule has 2 N–H and O–H groups in total. The van der Waals surface area contributed by atoms with E-state index in [1.54, 1.807) is 0 Å². The van der Waals surface area contributed by atoms with Gasteiger partial charge in [0.1, 0.15) is 0 Å². The second-order valence-electron chi connectivity index (χ2n) is 8.16. The molecule has 1 aromatic carbocycles. The lowest BCUT2D eigenvalue weighted by Crippen LogP contribution is -2.55. The maximum Gasteiger partial charge on any atom is 0.191 e. The highest BCUT2D eigenvalue weighted by Gasteiger charge is 2.39. The van der Waals surface area contributed by atoms with Crippen LogP contribution in [0.5, 0.6) is 0 Å². The second kappa shape index (κ2) is 10.5. The average Bonchev–Trinajstić information content (AvgIpc) is 3.29. The summed E-state index contributed by atoms with van der Waals surface area (Å²) in [5, 5.41) is 0.777. The first kappa shape index (κ1) is 22.9. The molecule has 6 nitrogen and oxygen atoms in total. The number of nitrogens with two attached hydrogens (primary N) is 1. The molecule has 8 heteroatoms. The number of hydrogen-bond donors (Lipinski definition) is 1. The third-order valence-corrected chi connectivity index (χ3v) is 6.78. The highest BCUT2D eigenvalue weighted by Crippen LogP contribution is 2.31. The number of ether oxygens (including phenoxy) is 1. The maximum absolute atomic E-state index is 6.42. The molecule has 0 unspecified atom stereocenters. The average molecular weight is 534 g/mol. The predicted octanol–water partition coefficient (Wildman–Crippen LogP) is 3.04. The van der Waals surface area contributed by atoms with Crippen molar-refractivity contribution in [3.63, 3.8) is 0 Å². The fourth-order valence-electron chi connectivity index (χ4n) is 4.69. The van der Waals surface area contributed by atoms with Gasteiger partial charge in [-0.05, 0) is 63.0 Å². The molecule has 3 aliphatic heterocycles. The van der Waals surface area contributed by atoms with Gasteiger partial charge in [-0.15, -0.1) is 24.0 Å². The lowest BCUT2D eigenvalue weighted by Gasteiger charge is -2.44. The number of piperazine rings is 1. The fourth-order valence-corrected chi connectivity index (χ4v) is 4.82. The smallest absolute Gasteiger partial charge is 0.191 e. The van der Waals surface area contributed by atoms with Crippen molar-refractivity contribution in [2.24, 2.45) is 10.7 Å². The van der Waals surface area contributed by atoms with E-state index >= 15 is 0 Å². The molecule has 0 bridgehead atoms. The Morgan fingerprint density at radius 1 is 1.00 bits per heavy atom. The number of likely N-dealkylation sites (tertiary alicyclic amines) is 1. The monoisotopic (exact) mass is 533 g/mol. The van der Waals surface area contributed by atoms with Crippen LogP contribution in [0.1, 0.15) is 25.7 Å².